The number of hydrogen-bond donors (Lipinski definition) is 1. The number of nitrogen functional groups attached to an aromatic ring is 1. The van der Waals surface area contributed by atoms with Crippen LogP contribution in [0.1, 0.15) is 47.9 Å². The maximum Gasteiger partial charge on any atom is 0.0317 e. The molecule has 0 amide bonds. The molecule has 0 aliphatic heterocycles. The average molecular weight is 339 g/mol. The van der Waals surface area contributed by atoms with Crippen LogP contribution in [0.3, 0.4) is 0 Å². The molecule has 2 atom stereocenters. The molecular formula is C25H25N. The van der Waals surface area contributed by atoms with E-state index in [1.165, 1.54) is 38.6 Å². The van der Waals surface area contributed by atoms with Gasteiger partial charge in [-0.2, -0.15) is 0 Å². The summed E-state index contributed by atoms with van der Waals surface area (Å²) in [6, 6.07) is 19.5. The highest BCUT2D eigenvalue weighted by Crippen LogP contribution is 2.49. The fourth-order valence-corrected chi connectivity index (χ4v) is 4.24. The Balaban J connectivity index is 2.07. The third-order valence-corrected chi connectivity index (χ3v) is 5.70. The lowest BCUT2D eigenvalue weighted by Crippen LogP contribution is -2.20. The van der Waals surface area contributed by atoms with Crippen molar-refractivity contribution in [2.75, 3.05) is 5.73 Å². The van der Waals surface area contributed by atoms with Crippen molar-refractivity contribution in [1.82, 2.24) is 0 Å². The first-order chi connectivity index (χ1) is 12.5. The molecule has 1 aliphatic rings. The van der Waals surface area contributed by atoms with Crippen molar-refractivity contribution in [2.24, 2.45) is 5.92 Å². The summed E-state index contributed by atoms with van der Waals surface area (Å²) in [7, 11) is 0. The summed E-state index contributed by atoms with van der Waals surface area (Å²) in [5.41, 5.74) is 13.4. The van der Waals surface area contributed by atoms with Crippen molar-refractivity contribution in [1.29, 1.82) is 0 Å². The predicted molar refractivity (Wildman–Crippen MR) is 113 cm³/mol. The van der Waals surface area contributed by atoms with E-state index in [9.17, 15) is 0 Å². The monoisotopic (exact) mass is 339 g/mol. The largest absolute Gasteiger partial charge is 0.399 e. The lowest BCUT2D eigenvalue weighted by Gasteiger charge is -2.36. The van der Waals surface area contributed by atoms with Gasteiger partial charge in [-0.3, -0.25) is 0 Å². The Morgan fingerprint density at radius 2 is 1.54 bits per heavy atom. The zero-order chi connectivity index (χ0) is 18.4. The number of rotatable bonds is 3. The molecule has 2 N–H and O–H groups in total. The molecule has 0 heterocycles. The second-order valence-corrected chi connectivity index (χ2v) is 7.59. The first kappa shape index (κ1) is 16.7. The predicted octanol–water partition coefficient (Wildman–Crippen LogP) is 6.40. The van der Waals surface area contributed by atoms with Crippen molar-refractivity contribution >= 4 is 16.5 Å². The van der Waals surface area contributed by atoms with E-state index in [-0.39, 0.29) is 11.8 Å². The van der Waals surface area contributed by atoms with Gasteiger partial charge in [0.15, 0.2) is 0 Å². The van der Waals surface area contributed by atoms with Gasteiger partial charge in [-0.25, -0.2) is 0 Å². The second-order valence-electron chi connectivity index (χ2n) is 7.59. The van der Waals surface area contributed by atoms with E-state index in [0.29, 0.717) is 5.92 Å². The maximum absolute atomic E-state index is 6.16. The third kappa shape index (κ3) is 2.47. The Bertz CT molecular complexity index is 1030. The third-order valence-electron chi connectivity index (χ3n) is 5.70. The van der Waals surface area contributed by atoms with Gasteiger partial charge in [-0.15, -0.1) is 6.58 Å². The molecule has 130 valence electrons. The van der Waals surface area contributed by atoms with Gasteiger partial charge < -0.3 is 5.73 Å². The number of anilines is 1. The van der Waals surface area contributed by atoms with Crippen LogP contribution in [0.5, 0.6) is 0 Å². The van der Waals surface area contributed by atoms with Crippen molar-refractivity contribution in [2.45, 2.75) is 25.7 Å². The Morgan fingerprint density at radius 1 is 0.923 bits per heavy atom. The normalized spacial score (nSPS) is 18.4. The van der Waals surface area contributed by atoms with E-state index < -0.39 is 0 Å². The minimum atomic E-state index is 0.171. The van der Waals surface area contributed by atoms with E-state index in [2.05, 4.69) is 81.6 Å². The summed E-state index contributed by atoms with van der Waals surface area (Å²) in [5, 5.41) is 2.54. The molecule has 0 fully saturated rings. The molecule has 0 saturated carbocycles. The first-order valence-electron chi connectivity index (χ1n) is 9.24. The topological polar surface area (TPSA) is 26.0 Å². The van der Waals surface area contributed by atoms with Crippen LogP contribution in [0, 0.1) is 5.92 Å². The highest BCUT2D eigenvalue weighted by molar-refractivity contribution is 5.85. The lowest BCUT2D eigenvalue weighted by atomic mass is 9.68. The summed E-state index contributed by atoms with van der Waals surface area (Å²) < 4.78 is 0. The Hall–Kier alpha value is -2.80. The minimum absolute atomic E-state index is 0.171. The number of allylic oxidation sites excluding steroid dienone is 2. The highest BCUT2D eigenvalue weighted by Gasteiger charge is 2.33. The van der Waals surface area contributed by atoms with Crippen LogP contribution in [0.25, 0.3) is 10.8 Å². The van der Waals surface area contributed by atoms with E-state index in [1.807, 2.05) is 6.07 Å². The van der Waals surface area contributed by atoms with Crippen LogP contribution in [0.15, 0.2) is 79.4 Å². The Labute approximate surface area is 155 Å². The summed E-state index contributed by atoms with van der Waals surface area (Å²) in [5.74, 6) is 0.750. The zero-order valence-corrected chi connectivity index (χ0v) is 15.5. The minimum Gasteiger partial charge on any atom is -0.399 e. The van der Waals surface area contributed by atoms with Gasteiger partial charge in [-0.05, 0) is 63.2 Å². The Kier molecular flexibility index (Phi) is 3.96. The molecule has 0 radical (unpaired) electrons. The van der Waals surface area contributed by atoms with Crippen LogP contribution < -0.4 is 5.73 Å². The molecule has 2 unspecified atom stereocenters. The lowest BCUT2D eigenvalue weighted by molar-refractivity contribution is 0.685. The molecule has 1 nitrogen and oxygen atoms in total. The summed E-state index contributed by atoms with van der Waals surface area (Å²) in [6.07, 6.45) is 2.05. The van der Waals surface area contributed by atoms with Gasteiger partial charge in [0.05, 0.1) is 0 Å². The second kappa shape index (κ2) is 6.17. The molecule has 1 heteroatoms. The van der Waals surface area contributed by atoms with Crippen molar-refractivity contribution < 1.29 is 0 Å². The molecule has 4 rings (SSSR count). The zero-order valence-electron chi connectivity index (χ0n) is 15.5. The van der Waals surface area contributed by atoms with Crippen molar-refractivity contribution in [3.8, 4) is 0 Å². The van der Waals surface area contributed by atoms with Crippen molar-refractivity contribution in [3.63, 3.8) is 0 Å². The molecular weight excluding hydrogens is 314 g/mol. The summed E-state index contributed by atoms with van der Waals surface area (Å²) in [4.78, 5) is 0. The van der Waals surface area contributed by atoms with Crippen molar-refractivity contribution in [3.05, 3.63) is 102 Å². The number of nitrogens with two attached hydrogens (primary N) is 1. The van der Waals surface area contributed by atoms with Gasteiger partial charge in [0.25, 0.3) is 0 Å². The number of fused-ring (bicyclic) bond motifs is 3. The quantitative estimate of drug-likeness (QED) is 0.434. The van der Waals surface area contributed by atoms with Crippen LogP contribution in [-0.2, 0) is 0 Å². The smallest absolute Gasteiger partial charge is 0.0317 e. The van der Waals surface area contributed by atoms with Gasteiger partial charge >= 0.3 is 0 Å². The fraction of sp³-hybridized carbons (Fsp3) is 0.200. The number of benzene rings is 3. The molecule has 0 spiro atoms. The van der Waals surface area contributed by atoms with Gasteiger partial charge in [0, 0.05) is 17.5 Å². The van der Waals surface area contributed by atoms with E-state index in [4.69, 9.17) is 5.73 Å². The van der Waals surface area contributed by atoms with Gasteiger partial charge in [0.2, 0.25) is 0 Å². The molecule has 3 aromatic rings. The van der Waals surface area contributed by atoms with Crippen LogP contribution in [0.2, 0.25) is 0 Å². The molecule has 0 bridgehead atoms. The van der Waals surface area contributed by atoms with Gasteiger partial charge in [-0.1, -0.05) is 62.4 Å². The van der Waals surface area contributed by atoms with Gasteiger partial charge in [0.1, 0.15) is 0 Å². The molecule has 26 heavy (non-hydrogen) atoms. The SMILES string of the molecule is C=CC1c2ccc(N)cc2C(C(=C)C(C)C)c2cc3ccccc3cc21. The summed E-state index contributed by atoms with van der Waals surface area (Å²) in [6.45, 7) is 13.0. The molecule has 0 aromatic heterocycles. The van der Waals surface area contributed by atoms with Crippen LogP contribution >= 0.6 is 0 Å². The average Bonchev–Trinajstić information content (AvgIpc) is 2.64. The molecule has 3 aromatic carbocycles. The summed E-state index contributed by atoms with van der Waals surface area (Å²) >= 11 is 0. The van der Waals surface area contributed by atoms with E-state index in [0.717, 1.165) is 5.69 Å². The van der Waals surface area contributed by atoms with E-state index >= 15 is 0 Å². The maximum atomic E-state index is 6.16. The fourth-order valence-electron chi connectivity index (χ4n) is 4.24. The van der Waals surface area contributed by atoms with Crippen LogP contribution in [-0.4, -0.2) is 0 Å². The highest BCUT2D eigenvalue weighted by atomic mass is 14.5. The Morgan fingerprint density at radius 3 is 2.15 bits per heavy atom. The molecule has 0 saturated heterocycles. The number of hydrogen-bond acceptors (Lipinski definition) is 1. The first-order valence-corrected chi connectivity index (χ1v) is 9.24. The molecule has 1 aliphatic carbocycles. The van der Waals surface area contributed by atoms with Crippen LogP contribution in [0.4, 0.5) is 5.69 Å². The van der Waals surface area contributed by atoms with E-state index in [1.54, 1.807) is 0 Å². The standard InChI is InChI=1S/C25H25N/c1-5-20-21-11-10-19(26)14-24(21)25(16(4)15(2)3)23-13-18-9-7-6-8-17(18)12-22(20)23/h5-15,20,25H,1,4,26H2,2-3H3.